The molecule has 0 fully saturated rings. The molecule has 3 aromatic carbocycles. The van der Waals surface area contributed by atoms with Crippen LogP contribution < -0.4 is 10.1 Å². The first-order chi connectivity index (χ1) is 15.9. The van der Waals surface area contributed by atoms with Crippen molar-refractivity contribution in [1.82, 2.24) is 0 Å². The number of benzene rings is 3. The first-order valence-electron chi connectivity index (χ1n) is 11.4. The van der Waals surface area contributed by atoms with Crippen molar-refractivity contribution in [2.75, 3.05) is 19.0 Å². The number of carbonyl (C=O) groups is 1. The summed E-state index contributed by atoms with van der Waals surface area (Å²) < 4.78 is 12.0. The van der Waals surface area contributed by atoms with Gasteiger partial charge in [0.1, 0.15) is 5.75 Å². The molecule has 33 heavy (non-hydrogen) atoms. The van der Waals surface area contributed by atoms with E-state index in [-0.39, 0.29) is 12.5 Å². The number of aliphatic carboxylic acids is 1. The predicted octanol–water partition coefficient (Wildman–Crippen LogP) is 5.55. The number of carboxylic acid groups (broad SMARTS) is 1. The van der Waals surface area contributed by atoms with E-state index in [9.17, 15) is 4.79 Å². The van der Waals surface area contributed by atoms with Crippen molar-refractivity contribution in [3.8, 4) is 16.9 Å². The number of methoxy groups -OCH3 is 1. The topological polar surface area (TPSA) is 67.8 Å². The van der Waals surface area contributed by atoms with Crippen LogP contribution in [0.4, 0.5) is 5.69 Å². The van der Waals surface area contributed by atoms with Crippen molar-refractivity contribution in [3.63, 3.8) is 0 Å². The molecule has 0 spiro atoms. The van der Waals surface area contributed by atoms with Crippen LogP contribution in [0.1, 0.15) is 34.2 Å². The van der Waals surface area contributed by atoms with Gasteiger partial charge in [-0.2, -0.15) is 0 Å². The van der Waals surface area contributed by atoms with E-state index in [1.54, 1.807) is 7.11 Å². The molecule has 0 bridgehead atoms. The largest absolute Gasteiger partial charge is 0.496 e. The van der Waals surface area contributed by atoms with E-state index in [0.717, 1.165) is 46.5 Å². The summed E-state index contributed by atoms with van der Waals surface area (Å²) in [5.41, 5.74) is 9.17. The summed E-state index contributed by atoms with van der Waals surface area (Å²) in [6.07, 6.45) is 2.09. The Labute approximate surface area is 195 Å². The molecule has 1 aliphatic carbocycles. The molecule has 3 aromatic rings. The average Bonchev–Trinajstić information content (AvgIpc) is 3.22. The number of rotatable bonds is 9. The third-order valence-electron chi connectivity index (χ3n) is 6.41. The van der Waals surface area contributed by atoms with Crippen molar-refractivity contribution in [3.05, 3.63) is 82.4 Å². The number of hydrogen-bond donors (Lipinski definition) is 2. The highest BCUT2D eigenvalue weighted by Gasteiger charge is 2.22. The Bertz CT molecular complexity index is 1130. The number of hydrogen-bond acceptors (Lipinski definition) is 4. The zero-order valence-electron chi connectivity index (χ0n) is 19.5. The van der Waals surface area contributed by atoms with E-state index in [2.05, 4.69) is 67.7 Å². The minimum Gasteiger partial charge on any atom is -0.496 e. The third kappa shape index (κ3) is 5.37. The Balaban J connectivity index is 1.59. The summed E-state index contributed by atoms with van der Waals surface area (Å²) >= 11 is 0. The average molecular weight is 446 g/mol. The third-order valence-corrected chi connectivity index (χ3v) is 6.41. The molecule has 2 N–H and O–H groups in total. The summed E-state index contributed by atoms with van der Waals surface area (Å²) in [5, 5.41) is 12.2. The highest BCUT2D eigenvalue weighted by Crippen LogP contribution is 2.34. The molecular formula is C28H31NO4. The Hall–Kier alpha value is -3.31. The molecule has 0 amide bonds. The highest BCUT2D eigenvalue weighted by atomic mass is 16.5. The molecule has 0 aromatic heterocycles. The molecule has 0 radical (unpaired) electrons. The quantitative estimate of drug-likeness (QED) is 0.452. The maximum atomic E-state index is 10.9. The van der Waals surface area contributed by atoms with Crippen molar-refractivity contribution in [1.29, 1.82) is 0 Å². The lowest BCUT2D eigenvalue weighted by Crippen LogP contribution is -2.13. The van der Waals surface area contributed by atoms with E-state index in [1.165, 1.54) is 16.7 Å². The summed E-state index contributed by atoms with van der Waals surface area (Å²) in [5.74, 6) is 0.0532. The van der Waals surface area contributed by atoms with Crippen LogP contribution in [0.2, 0.25) is 0 Å². The summed E-state index contributed by atoms with van der Waals surface area (Å²) in [4.78, 5) is 10.9. The second kappa shape index (κ2) is 10.1. The van der Waals surface area contributed by atoms with Crippen LogP contribution in [0.5, 0.6) is 5.75 Å². The van der Waals surface area contributed by atoms with E-state index >= 15 is 0 Å². The van der Waals surface area contributed by atoms with Gasteiger partial charge in [-0.05, 0) is 83.8 Å². The lowest BCUT2D eigenvalue weighted by atomic mass is 9.95. The number of carboxylic acids is 1. The van der Waals surface area contributed by atoms with Gasteiger partial charge in [0.05, 0.1) is 26.2 Å². The van der Waals surface area contributed by atoms with E-state index in [4.69, 9.17) is 14.6 Å². The molecule has 0 unspecified atom stereocenters. The van der Waals surface area contributed by atoms with E-state index < -0.39 is 5.97 Å². The molecule has 0 heterocycles. The van der Waals surface area contributed by atoms with Crippen LogP contribution in [0.3, 0.4) is 0 Å². The van der Waals surface area contributed by atoms with Crippen molar-refractivity contribution in [2.45, 2.75) is 45.8 Å². The minimum atomic E-state index is -0.814. The molecule has 4 rings (SSSR count). The van der Waals surface area contributed by atoms with Crippen molar-refractivity contribution >= 4 is 11.7 Å². The second-order valence-corrected chi connectivity index (χ2v) is 8.67. The van der Waals surface area contributed by atoms with Gasteiger partial charge < -0.3 is 19.9 Å². The van der Waals surface area contributed by atoms with Crippen LogP contribution >= 0.6 is 0 Å². The van der Waals surface area contributed by atoms with Gasteiger partial charge in [0.2, 0.25) is 0 Å². The van der Waals surface area contributed by atoms with Crippen molar-refractivity contribution < 1.29 is 19.4 Å². The van der Waals surface area contributed by atoms with Crippen LogP contribution in [-0.2, 0) is 29.0 Å². The number of ether oxygens (including phenoxy) is 2. The SMILES string of the molecule is COc1cc(-c2ccc(NCCC(=O)O)cc2COC2Cc3ccccc3C2)cc(C)c1C. The first kappa shape index (κ1) is 22.9. The fraction of sp³-hybridized carbons (Fsp3) is 0.321. The zero-order valence-corrected chi connectivity index (χ0v) is 19.5. The molecule has 1 aliphatic rings. The molecule has 172 valence electrons. The fourth-order valence-electron chi connectivity index (χ4n) is 4.46. The molecular weight excluding hydrogens is 414 g/mol. The Morgan fingerprint density at radius 2 is 1.79 bits per heavy atom. The Kier molecular flexibility index (Phi) is 6.99. The molecule has 0 saturated heterocycles. The molecule has 0 atom stereocenters. The first-order valence-corrected chi connectivity index (χ1v) is 11.4. The van der Waals surface area contributed by atoms with Gasteiger partial charge in [-0.1, -0.05) is 36.4 Å². The lowest BCUT2D eigenvalue weighted by Gasteiger charge is -2.18. The van der Waals surface area contributed by atoms with Gasteiger partial charge in [0.15, 0.2) is 0 Å². The number of nitrogens with one attached hydrogen (secondary N) is 1. The van der Waals surface area contributed by atoms with Crippen LogP contribution in [0.15, 0.2) is 54.6 Å². The monoisotopic (exact) mass is 445 g/mol. The number of anilines is 1. The second-order valence-electron chi connectivity index (χ2n) is 8.67. The Morgan fingerprint density at radius 3 is 2.45 bits per heavy atom. The van der Waals surface area contributed by atoms with E-state index in [1.807, 2.05) is 6.07 Å². The fourth-order valence-corrected chi connectivity index (χ4v) is 4.46. The zero-order chi connectivity index (χ0) is 23.4. The minimum absolute atomic E-state index is 0.0717. The van der Waals surface area contributed by atoms with Crippen LogP contribution in [0.25, 0.3) is 11.1 Å². The Morgan fingerprint density at radius 1 is 1.06 bits per heavy atom. The highest BCUT2D eigenvalue weighted by molar-refractivity contribution is 5.73. The van der Waals surface area contributed by atoms with Gasteiger partial charge >= 0.3 is 5.97 Å². The molecule has 5 nitrogen and oxygen atoms in total. The maximum absolute atomic E-state index is 10.9. The summed E-state index contributed by atoms with van der Waals surface area (Å²) in [6.45, 7) is 5.02. The normalized spacial score (nSPS) is 13.1. The van der Waals surface area contributed by atoms with Gasteiger partial charge in [0, 0.05) is 12.2 Å². The number of fused-ring (bicyclic) bond motifs is 1. The van der Waals surface area contributed by atoms with Crippen LogP contribution in [-0.4, -0.2) is 30.8 Å². The van der Waals surface area contributed by atoms with Gasteiger partial charge in [-0.15, -0.1) is 0 Å². The summed E-state index contributed by atoms with van der Waals surface area (Å²) in [6, 6.07) is 18.9. The van der Waals surface area contributed by atoms with Gasteiger partial charge in [-0.3, -0.25) is 4.79 Å². The lowest BCUT2D eigenvalue weighted by molar-refractivity contribution is -0.136. The van der Waals surface area contributed by atoms with E-state index in [0.29, 0.717) is 13.2 Å². The molecule has 0 saturated carbocycles. The van der Waals surface area contributed by atoms with Crippen LogP contribution in [0, 0.1) is 13.8 Å². The maximum Gasteiger partial charge on any atom is 0.305 e. The predicted molar refractivity (Wildman–Crippen MR) is 131 cm³/mol. The van der Waals surface area contributed by atoms with Gasteiger partial charge in [0.25, 0.3) is 0 Å². The van der Waals surface area contributed by atoms with Gasteiger partial charge in [-0.25, -0.2) is 0 Å². The summed E-state index contributed by atoms with van der Waals surface area (Å²) in [7, 11) is 1.70. The number of aryl methyl sites for hydroxylation is 1. The van der Waals surface area contributed by atoms with Crippen molar-refractivity contribution in [2.24, 2.45) is 0 Å². The molecule has 0 aliphatic heterocycles. The molecule has 5 heteroatoms. The standard InChI is InChI=1S/C28H31NO4/c1-18-12-22(16-27(32-3)19(18)2)26-9-8-24(29-11-10-28(30)31)13-23(26)17-33-25-14-20-6-4-5-7-21(20)15-25/h4-9,12-13,16,25,29H,10-11,14-15,17H2,1-3H3,(H,30,31). The smallest absolute Gasteiger partial charge is 0.305 e.